The molecule has 0 aliphatic carbocycles. The highest BCUT2D eigenvalue weighted by molar-refractivity contribution is 5.42. The Morgan fingerprint density at radius 3 is 2.81 bits per heavy atom. The molecule has 1 aromatic rings. The molecule has 0 unspecified atom stereocenters. The van der Waals surface area contributed by atoms with Gasteiger partial charge in [-0.2, -0.15) is 13.2 Å². The first-order valence-electron chi connectivity index (χ1n) is 6.99. The molecule has 3 rings (SSSR count). The summed E-state index contributed by atoms with van der Waals surface area (Å²) in [6, 6.07) is 2.34. The Morgan fingerprint density at radius 2 is 2.05 bits per heavy atom. The summed E-state index contributed by atoms with van der Waals surface area (Å²) >= 11 is 0. The maximum atomic E-state index is 12.8. The van der Waals surface area contributed by atoms with Crippen LogP contribution in [0.3, 0.4) is 0 Å². The average Bonchev–Trinajstić information content (AvgIpc) is 2.66. The summed E-state index contributed by atoms with van der Waals surface area (Å²) in [5.41, 5.74) is -0.647. The van der Waals surface area contributed by atoms with E-state index in [1.54, 1.807) is 0 Å². The predicted molar refractivity (Wildman–Crippen MR) is 72.2 cm³/mol. The number of likely N-dealkylation sites (N-methyl/N-ethyl adjacent to an activating group) is 1. The van der Waals surface area contributed by atoms with Gasteiger partial charge in [-0.1, -0.05) is 0 Å². The number of fused-ring (bicyclic) bond motifs is 3. The van der Waals surface area contributed by atoms with Crippen molar-refractivity contribution in [1.29, 1.82) is 0 Å². The number of halogens is 3. The molecule has 2 aliphatic rings. The molecule has 0 radical (unpaired) electrons. The van der Waals surface area contributed by atoms with Gasteiger partial charge in [0.2, 0.25) is 0 Å². The van der Waals surface area contributed by atoms with Gasteiger partial charge in [0.1, 0.15) is 5.82 Å². The maximum absolute atomic E-state index is 12.8. The molecular weight excluding hydrogens is 283 g/mol. The predicted octanol–water partition coefficient (Wildman–Crippen LogP) is 1.87. The fraction of sp³-hybridized carbons (Fsp3) is 0.643. The number of anilines is 1. The molecule has 0 saturated carbocycles. The zero-order valence-corrected chi connectivity index (χ0v) is 11.8. The van der Waals surface area contributed by atoms with Gasteiger partial charge in [0, 0.05) is 31.7 Å². The van der Waals surface area contributed by atoms with E-state index in [4.69, 9.17) is 4.74 Å². The molecule has 0 aromatic carbocycles. The van der Waals surface area contributed by atoms with Gasteiger partial charge in [0.05, 0.1) is 24.8 Å². The van der Waals surface area contributed by atoms with Crippen molar-refractivity contribution >= 4 is 5.82 Å². The third-order valence-corrected chi connectivity index (χ3v) is 4.14. The largest absolute Gasteiger partial charge is 0.416 e. The third-order valence-electron chi connectivity index (χ3n) is 4.14. The van der Waals surface area contributed by atoms with Crippen LogP contribution in [0.25, 0.3) is 0 Å². The Labute approximate surface area is 121 Å². The van der Waals surface area contributed by atoms with Crippen molar-refractivity contribution in [2.75, 3.05) is 44.8 Å². The quantitative estimate of drug-likeness (QED) is 0.792. The Hall–Kier alpha value is -1.34. The number of alkyl halides is 3. The van der Waals surface area contributed by atoms with Gasteiger partial charge < -0.3 is 9.64 Å². The summed E-state index contributed by atoms with van der Waals surface area (Å²) in [6.45, 7) is 3.48. The van der Waals surface area contributed by atoms with Crippen LogP contribution in [-0.4, -0.2) is 55.8 Å². The van der Waals surface area contributed by atoms with E-state index in [0.717, 1.165) is 18.7 Å². The molecule has 4 nitrogen and oxygen atoms in total. The van der Waals surface area contributed by atoms with Crippen molar-refractivity contribution in [3.63, 3.8) is 0 Å². The van der Waals surface area contributed by atoms with E-state index in [0.29, 0.717) is 38.0 Å². The minimum Gasteiger partial charge on any atom is -0.379 e. The topological polar surface area (TPSA) is 28.6 Å². The third kappa shape index (κ3) is 3.13. The van der Waals surface area contributed by atoms with Crippen molar-refractivity contribution in [2.24, 2.45) is 5.92 Å². The monoisotopic (exact) mass is 301 g/mol. The van der Waals surface area contributed by atoms with E-state index in [9.17, 15) is 13.2 Å². The second-order valence-electron chi connectivity index (χ2n) is 5.80. The van der Waals surface area contributed by atoms with E-state index in [2.05, 4.69) is 9.88 Å². The molecule has 2 bridgehead atoms. The lowest BCUT2D eigenvalue weighted by Gasteiger charge is -2.30. The lowest BCUT2D eigenvalue weighted by molar-refractivity contribution is -0.137. The summed E-state index contributed by atoms with van der Waals surface area (Å²) in [7, 11) is 2.04. The minimum absolute atomic E-state index is 0.189. The normalized spacial score (nSPS) is 27.5. The van der Waals surface area contributed by atoms with Crippen molar-refractivity contribution in [3.05, 3.63) is 23.9 Å². The summed E-state index contributed by atoms with van der Waals surface area (Å²) in [5, 5.41) is 0. The van der Waals surface area contributed by atoms with Crippen LogP contribution >= 0.6 is 0 Å². The van der Waals surface area contributed by atoms with Crippen molar-refractivity contribution < 1.29 is 17.9 Å². The fourth-order valence-corrected chi connectivity index (χ4v) is 3.00. The van der Waals surface area contributed by atoms with E-state index in [1.807, 2.05) is 11.9 Å². The summed E-state index contributed by atoms with van der Waals surface area (Å²) < 4.78 is 44.1. The molecule has 3 heterocycles. The van der Waals surface area contributed by atoms with Crippen LogP contribution in [0.4, 0.5) is 19.0 Å². The van der Waals surface area contributed by atoms with Gasteiger partial charge >= 0.3 is 6.18 Å². The average molecular weight is 301 g/mol. The summed E-state index contributed by atoms with van der Waals surface area (Å²) in [4.78, 5) is 8.32. The second-order valence-corrected chi connectivity index (χ2v) is 5.80. The lowest BCUT2D eigenvalue weighted by atomic mass is 10.1. The summed E-state index contributed by atoms with van der Waals surface area (Å²) in [6.07, 6.45) is -3.10. The van der Waals surface area contributed by atoms with E-state index >= 15 is 0 Å². The van der Waals surface area contributed by atoms with Gasteiger partial charge in [-0.05, 0) is 19.2 Å². The van der Waals surface area contributed by atoms with Gasteiger partial charge in [0.25, 0.3) is 0 Å². The Bertz CT molecular complexity index is 508. The summed E-state index contributed by atoms with van der Waals surface area (Å²) in [5.74, 6) is 0.691. The highest BCUT2D eigenvalue weighted by atomic mass is 19.4. The first-order chi connectivity index (χ1) is 9.93. The molecule has 2 aliphatic heterocycles. The van der Waals surface area contributed by atoms with Crippen LogP contribution in [0.2, 0.25) is 0 Å². The van der Waals surface area contributed by atoms with Crippen LogP contribution in [-0.2, 0) is 10.9 Å². The molecule has 0 spiro atoms. The molecule has 21 heavy (non-hydrogen) atoms. The number of rotatable bonds is 1. The standard InChI is InChI=1S/C14H18F3N3O/c1-19-5-10-6-20(7-12(19)9-21-8-10)13-4-11(2-3-18-13)14(15,16)17/h2-4,10,12H,5-9H2,1H3/t10-,12+/m1/s1. The fourth-order valence-electron chi connectivity index (χ4n) is 3.00. The van der Waals surface area contributed by atoms with Crippen LogP contribution in [0.5, 0.6) is 0 Å². The van der Waals surface area contributed by atoms with Crippen LogP contribution in [0.1, 0.15) is 5.56 Å². The second kappa shape index (κ2) is 5.46. The SMILES string of the molecule is CN1C[C@H]2COC[C@@H]1CN(c1cc(C(F)(F)F)ccn1)C2. The molecule has 2 atom stereocenters. The molecule has 2 fully saturated rings. The lowest BCUT2D eigenvalue weighted by Crippen LogP contribution is -2.42. The van der Waals surface area contributed by atoms with Gasteiger partial charge in [-0.15, -0.1) is 0 Å². The first-order valence-corrected chi connectivity index (χ1v) is 6.99. The van der Waals surface area contributed by atoms with E-state index in [-0.39, 0.29) is 6.04 Å². The molecule has 0 amide bonds. The Morgan fingerprint density at radius 1 is 1.24 bits per heavy atom. The number of hydrogen-bond acceptors (Lipinski definition) is 4. The molecule has 116 valence electrons. The first kappa shape index (κ1) is 14.6. The zero-order chi connectivity index (χ0) is 15.0. The zero-order valence-electron chi connectivity index (χ0n) is 11.8. The number of aromatic nitrogens is 1. The molecular formula is C14H18F3N3O. The van der Waals surface area contributed by atoms with E-state index < -0.39 is 11.7 Å². The van der Waals surface area contributed by atoms with Gasteiger partial charge in [0.15, 0.2) is 0 Å². The van der Waals surface area contributed by atoms with Gasteiger partial charge in [-0.3, -0.25) is 4.90 Å². The number of nitrogens with zero attached hydrogens (tertiary/aromatic N) is 3. The van der Waals surface area contributed by atoms with Gasteiger partial charge in [-0.25, -0.2) is 4.98 Å². The Kier molecular flexibility index (Phi) is 3.79. The number of ether oxygens (including phenoxy) is 1. The van der Waals surface area contributed by atoms with Crippen LogP contribution in [0.15, 0.2) is 18.3 Å². The van der Waals surface area contributed by atoms with Crippen molar-refractivity contribution in [1.82, 2.24) is 9.88 Å². The highest BCUT2D eigenvalue weighted by Crippen LogP contribution is 2.31. The van der Waals surface area contributed by atoms with Crippen molar-refractivity contribution in [2.45, 2.75) is 12.2 Å². The minimum atomic E-state index is -4.33. The maximum Gasteiger partial charge on any atom is 0.416 e. The number of hydrogen-bond donors (Lipinski definition) is 0. The Balaban J connectivity index is 1.87. The van der Waals surface area contributed by atoms with E-state index in [1.165, 1.54) is 6.20 Å². The molecule has 0 N–H and O–H groups in total. The van der Waals surface area contributed by atoms with Crippen molar-refractivity contribution in [3.8, 4) is 0 Å². The van der Waals surface area contributed by atoms with Crippen LogP contribution in [0, 0.1) is 5.92 Å². The molecule has 2 saturated heterocycles. The molecule has 1 aromatic heterocycles. The number of pyridine rings is 1. The molecule has 7 heteroatoms. The smallest absolute Gasteiger partial charge is 0.379 e. The van der Waals surface area contributed by atoms with Crippen LogP contribution < -0.4 is 4.90 Å². The highest BCUT2D eigenvalue weighted by Gasteiger charge is 2.34.